The standard InChI is InChI=1S/C16H27N5O2S/c1-13-9-14(19-23-13)10-20-4-6-21(7-5-20)15(17-2)18-11-16(22)3-8-24-12-16/h9,22H,3-8,10-12H2,1-2H3,(H,17,18). The van der Waals surface area contributed by atoms with Crippen LogP contribution < -0.4 is 5.32 Å². The summed E-state index contributed by atoms with van der Waals surface area (Å²) in [6.07, 6.45) is 0.854. The predicted molar refractivity (Wildman–Crippen MR) is 96.3 cm³/mol. The molecule has 1 aromatic rings. The van der Waals surface area contributed by atoms with Crippen LogP contribution in [0, 0.1) is 6.92 Å². The van der Waals surface area contributed by atoms with E-state index in [4.69, 9.17) is 4.52 Å². The second-order valence-corrected chi connectivity index (χ2v) is 7.72. The van der Waals surface area contributed by atoms with Crippen molar-refractivity contribution >= 4 is 17.7 Å². The Bertz CT molecular complexity index is 563. The number of rotatable bonds is 4. The molecule has 0 bridgehead atoms. The molecule has 7 nitrogen and oxygen atoms in total. The van der Waals surface area contributed by atoms with Gasteiger partial charge in [-0.25, -0.2) is 0 Å². The first kappa shape index (κ1) is 17.6. The van der Waals surface area contributed by atoms with Crippen LogP contribution in [0.3, 0.4) is 0 Å². The molecule has 2 aliphatic rings. The van der Waals surface area contributed by atoms with Gasteiger partial charge in [-0.15, -0.1) is 0 Å². The first-order valence-electron chi connectivity index (χ1n) is 8.48. The highest BCUT2D eigenvalue weighted by atomic mass is 32.2. The van der Waals surface area contributed by atoms with E-state index in [1.807, 2.05) is 24.8 Å². The van der Waals surface area contributed by atoms with Gasteiger partial charge in [-0.05, 0) is 19.1 Å². The Hall–Kier alpha value is -1.25. The van der Waals surface area contributed by atoms with Crippen molar-refractivity contribution in [3.05, 3.63) is 17.5 Å². The summed E-state index contributed by atoms with van der Waals surface area (Å²) >= 11 is 1.82. The minimum absolute atomic E-state index is 0.575. The summed E-state index contributed by atoms with van der Waals surface area (Å²) in [5, 5.41) is 17.9. The molecule has 134 valence electrons. The molecule has 1 aromatic heterocycles. The second kappa shape index (κ2) is 7.76. The largest absolute Gasteiger partial charge is 0.387 e. The van der Waals surface area contributed by atoms with Gasteiger partial charge in [0.05, 0.1) is 11.3 Å². The summed E-state index contributed by atoms with van der Waals surface area (Å²) in [4.78, 5) is 9.02. The van der Waals surface area contributed by atoms with E-state index in [1.54, 1.807) is 7.05 Å². The summed E-state index contributed by atoms with van der Waals surface area (Å²) in [6, 6.07) is 1.99. The lowest BCUT2D eigenvalue weighted by atomic mass is 10.0. The highest BCUT2D eigenvalue weighted by molar-refractivity contribution is 7.99. The van der Waals surface area contributed by atoms with Crippen LogP contribution in [-0.4, -0.2) is 82.9 Å². The number of aliphatic hydroxyl groups is 1. The van der Waals surface area contributed by atoms with Crippen molar-refractivity contribution in [2.45, 2.75) is 25.5 Å². The molecule has 0 saturated carbocycles. The molecule has 1 unspecified atom stereocenters. The van der Waals surface area contributed by atoms with Crippen LogP contribution in [0.1, 0.15) is 17.9 Å². The van der Waals surface area contributed by atoms with E-state index in [9.17, 15) is 5.11 Å². The maximum atomic E-state index is 10.5. The molecule has 3 rings (SSSR count). The van der Waals surface area contributed by atoms with Crippen LogP contribution in [0.15, 0.2) is 15.6 Å². The Morgan fingerprint density at radius 1 is 1.46 bits per heavy atom. The van der Waals surface area contributed by atoms with Gasteiger partial charge >= 0.3 is 0 Å². The molecule has 0 spiro atoms. The molecule has 0 amide bonds. The lowest BCUT2D eigenvalue weighted by molar-refractivity contribution is 0.0710. The van der Waals surface area contributed by atoms with Crippen molar-refractivity contribution in [2.75, 3.05) is 51.3 Å². The molecule has 2 saturated heterocycles. The van der Waals surface area contributed by atoms with Crippen LogP contribution >= 0.6 is 11.8 Å². The molecule has 1 atom stereocenters. The fourth-order valence-electron chi connectivity index (χ4n) is 3.15. The van der Waals surface area contributed by atoms with Crippen molar-refractivity contribution in [3.63, 3.8) is 0 Å². The minimum atomic E-state index is -0.590. The number of aliphatic imine (C=N–C) groups is 1. The third-order valence-corrected chi connectivity index (χ3v) is 5.84. The quantitative estimate of drug-likeness (QED) is 0.604. The lowest BCUT2D eigenvalue weighted by Gasteiger charge is -2.37. The summed E-state index contributed by atoms with van der Waals surface area (Å²) in [5.41, 5.74) is 0.400. The Kier molecular flexibility index (Phi) is 5.68. The van der Waals surface area contributed by atoms with E-state index in [0.717, 1.165) is 68.1 Å². The van der Waals surface area contributed by atoms with E-state index < -0.39 is 5.60 Å². The molecule has 0 radical (unpaired) electrons. The Balaban J connectivity index is 1.45. The number of guanidine groups is 1. The highest BCUT2D eigenvalue weighted by Gasteiger charge is 2.32. The summed E-state index contributed by atoms with van der Waals surface area (Å²) < 4.78 is 5.13. The Labute approximate surface area is 147 Å². The monoisotopic (exact) mass is 353 g/mol. The van der Waals surface area contributed by atoms with E-state index in [0.29, 0.717) is 6.54 Å². The van der Waals surface area contributed by atoms with Crippen molar-refractivity contribution in [1.29, 1.82) is 0 Å². The van der Waals surface area contributed by atoms with Gasteiger partial charge in [0.15, 0.2) is 5.96 Å². The van der Waals surface area contributed by atoms with Gasteiger partial charge < -0.3 is 19.8 Å². The first-order valence-corrected chi connectivity index (χ1v) is 9.64. The summed E-state index contributed by atoms with van der Waals surface area (Å²) in [5.74, 6) is 3.59. The average molecular weight is 353 g/mol. The third-order valence-electron chi connectivity index (χ3n) is 4.60. The van der Waals surface area contributed by atoms with Gasteiger partial charge in [0, 0.05) is 58.1 Å². The third kappa shape index (κ3) is 4.43. The molecule has 2 fully saturated rings. The van der Waals surface area contributed by atoms with Gasteiger partial charge in [-0.2, -0.15) is 11.8 Å². The zero-order valence-electron chi connectivity index (χ0n) is 14.5. The molecule has 0 aromatic carbocycles. The van der Waals surface area contributed by atoms with Gasteiger partial charge in [-0.1, -0.05) is 5.16 Å². The smallest absolute Gasteiger partial charge is 0.193 e. The maximum absolute atomic E-state index is 10.5. The average Bonchev–Trinajstić information content (AvgIpc) is 3.18. The van der Waals surface area contributed by atoms with E-state index in [1.165, 1.54) is 0 Å². The van der Waals surface area contributed by atoms with Crippen LogP contribution in [0.5, 0.6) is 0 Å². The fourth-order valence-corrected chi connectivity index (χ4v) is 4.45. The van der Waals surface area contributed by atoms with Crippen molar-refractivity contribution < 1.29 is 9.63 Å². The number of hydrogen-bond acceptors (Lipinski definition) is 6. The molecule has 3 heterocycles. The summed E-state index contributed by atoms with van der Waals surface area (Å²) in [6.45, 7) is 7.09. The predicted octanol–water partition coefficient (Wildman–Crippen LogP) is 0.544. The molecule has 8 heteroatoms. The zero-order chi connectivity index (χ0) is 17.0. The number of nitrogens with one attached hydrogen (secondary N) is 1. The number of nitrogens with zero attached hydrogens (tertiary/aromatic N) is 4. The van der Waals surface area contributed by atoms with E-state index >= 15 is 0 Å². The molecule has 0 aliphatic carbocycles. The number of aromatic nitrogens is 1. The molecular formula is C16H27N5O2S. The van der Waals surface area contributed by atoms with Crippen LogP contribution in [0.4, 0.5) is 0 Å². The first-order chi connectivity index (χ1) is 11.6. The second-order valence-electron chi connectivity index (χ2n) is 6.62. The molecular weight excluding hydrogens is 326 g/mol. The maximum Gasteiger partial charge on any atom is 0.193 e. The zero-order valence-corrected chi connectivity index (χ0v) is 15.3. The fraction of sp³-hybridized carbons (Fsp3) is 0.750. The lowest BCUT2D eigenvalue weighted by Crippen LogP contribution is -2.54. The topological polar surface area (TPSA) is 77.1 Å². The van der Waals surface area contributed by atoms with Crippen LogP contribution in [0.25, 0.3) is 0 Å². The van der Waals surface area contributed by atoms with Gasteiger partial charge in [0.1, 0.15) is 5.76 Å². The van der Waals surface area contributed by atoms with Gasteiger partial charge in [0.25, 0.3) is 0 Å². The normalized spacial score (nSPS) is 26.1. The molecule has 2 aliphatic heterocycles. The Morgan fingerprint density at radius 3 is 2.83 bits per heavy atom. The van der Waals surface area contributed by atoms with Crippen molar-refractivity contribution in [1.82, 2.24) is 20.3 Å². The van der Waals surface area contributed by atoms with Gasteiger partial charge in [0.2, 0.25) is 0 Å². The van der Waals surface area contributed by atoms with E-state index in [2.05, 4.69) is 25.3 Å². The van der Waals surface area contributed by atoms with Crippen molar-refractivity contribution in [2.24, 2.45) is 4.99 Å². The SMILES string of the molecule is CN=C(NCC1(O)CCSC1)N1CCN(Cc2cc(C)on2)CC1. The minimum Gasteiger partial charge on any atom is -0.387 e. The molecule has 24 heavy (non-hydrogen) atoms. The van der Waals surface area contributed by atoms with Gasteiger partial charge in [-0.3, -0.25) is 9.89 Å². The number of aryl methyl sites for hydroxylation is 1. The summed E-state index contributed by atoms with van der Waals surface area (Å²) in [7, 11) is 1.81. The number of piperazine rings is 1. The van der Waals surface area contributed by atoms with Crippen molar-refractivity contribution in [3.8, 4) is 0 Å². The van der Waals surface area contributed by atoms with Crippen LogP contribution in [0.2, 0.25) is 0 Å². The van der Waals surface area contributed by atoms with E-state index in [-0.39, 0.29) is 0 Å². The number of hydrogen-bond donors (Lipinski definition) is 2. The Morgan fingerprint density at radius 2 is 2.25 bits per heavy atom. The number of thioether (sulfide) groups is 1. The van der Waals surface area contributed by atoms with Crippen LogP contribution in [-0.2, 0) is 6.54 Å². The highest BCUT2D eigenvalue weighted by Crippen LogP contribution is 2.27. The molecule has 2 N–H and O–H groups in total.